The monoisotopic (exact) mass is 267 g/mol. The molecular weight excluding hydrogens is 238 g/mol. The van der Waals surface area contributed by atoms with Crippen LogP contribution in [0.3, 0.4) is 0 Å². The van der Waals surface area contributed by atoms with Crippen molar-refractivity contribution in [1.29, 1.82) is 0 Å². The number of nitrogens with zero attached hydrogens (tertiary/aromatic N) is 1. The minimum atomic E-state index is -0.00430. The molecule has 0 aliphatic heterocycles. The molecule has 2 rings (SSSR count). The van der Waals surface area contributed by atoms with Gasteiger partial charge in [-0.3, -0.25) is 0 Å². The van der Waals surface area contributed by atoms with E-state index in [0.717, 1.165) is 18.5 Å². The predicted octanol–water partition coefficient (Wildman–Crippen LogP) is 2.35. The molecule has 110 valence electrons. The van der Waals surface area contributed by atoms with Gasteiger partial charge in [0.1, 0.15) is 0 Å². The summed E-state index contributed by atoms with van der Waals surface area (Å²) in [6.07, 6.45) is 11.3. The Hall–Kier alpha value is -0.770. The molecule has 0 aromatic carbocycles. The number of carbonyl (C=O) groups is 1. The fourth-order valence-electron chi connectivity index (χ4n) is 3.66. The number of nitrogens with one attached hydrogen (secondary N) is 2. The third-order valence-corrected chi connectivity index (χ3v) is 4.95. The van der Waals surface area contributed by atoms with Crippen LogP contribution in [-0.4, -0.2) is 44.2 Å². The third-order valence-electron chi connectivity index (χ3n) is 4.95. The predicted molar refractivity (Wildman–Crippen MR) is 78.2 cm³/mol. The van der Waals surface area contributed by atoms with Gasteiger partial charge in [-0.2, -0.15) is 0 Å². The Balaban J connectivity index is 1.57. The maximum Gasteiger partial charge on any atom is 0.316 e. The highest BCUT2D eigenvalue weighted by Crippen LogP contribution is 2.48. The summed E-state index contributed by atoms with van der Waals surface area (Å²) in [5.74, 6) is 0. The van der Waals surface area contributed by atoms with Gasteiger partial charge >= 0.3 is 6.03 Å². The Labute approximate surface area is 117 Å². The van der Waals surface area contributed by atoms with E-state index < -0.39 is 0 Å². The Morgan fingerprint density at radius 3 is 2.32 bits per heavy atom. The first-order valence-electron chi connectivity index (χ1n) is 7.80. The second kappa shape index (κ2) is 6.60. The summed E-state index contributed by atoms with van der Waals surface area (Å²) in [4.78, 5) is 12.9. The van der Waals surface area contributed by atoms with Gasteiger partial charge in [0.25, 0.3) is 0 Å². The molecule has 2 saturated carbocycles. The summed E-state index contributed by atoms with van der Waals surface area (Å²) in [5, 5.41) is 6.48. The van der Waals surface area contributed by atoms with E-state index in [-0.39, 0.29) is 6.03 Å². The van der Waals surface area contributed by atoms with Crippen LogP contribution in [-0.2, 0) is 0 Å². The standard InChI is InChI=1S/C15H29N3O/c1-18(2)14(19)17-12-11-16-13-5-9-15(10-6-13)7-3-4-8-15/h13,16H,3-12H2,1-2H3,(H,17,19). The van der Waals surface area contributed by atoms with Crippen molar-refractivity contribution in [3.05, 3.63) is 0 Å². The number of hydrogen-bond acceptors (Lipinski definition) is 2. The molecule has 2 fully saturated rings. The summed E-state index contributed by atoms with van der Waals surface area (Å²) in [6, 6.07) is 0.665. The van der Waals surface area contributed by atoms with Crippen LogP contribution in [0.1, 0.15) is 51.4 Å². The van der Waals surface area contributed by atoms with Crippen LogP contribution in [0.2, 0.25) is 0 Å². The molecule has 4 nitrogen and oxygen atoms in total. The Kier molecular flexibility index (Phi) is 5.08. The van der Waals surface area contributed by atoms with Crippen molar-refractivity contribution in [3.8, 4) is 0 Å². The number of urea groups is 1. The lowest BCUT2D eigenvalue weighted by molar-refractivity contribution is 0.168. The molecule has 2 aliphatic rings. The first kappa shape index (κ1) is 14.6. The SMILES string of the molecule is CN(C)C(=O)NCCNC1CCC2(CCCC2)CC1. The maximum absolute atomic E-state index is 11.4. The van der Waals surface area contributed by atoms with Crippen LogP contribution >= 0.6 is 0 Å². The zero-order valence-electron chi connectivity index (χ0n) is 12.5. The zero-order chi connectivity index (χ0) is 13.7. The van der Waals surface area contributed by atoms with Gasteiger partial charge < -0.3 is 15.5 Å². The lowest BCUT2D eigenvalue weighted by Crippen LogP contribution is -2.42. The van der Waals surface area contributed by atoms with E-state index in [4.69, 9.17) is 0 Å². The van der Waals surface area contributed by atoms with Gasteiger partial charge in [-0.15, -0.1) is 0 Å². The summed E-state index contributed by atoms with van der Waals surface area (Å²) in [7, 11) is 3.54. The van der Waals surface area contributed by atoms with Crippen LogP contribution in [0.5, 0.6) is 0 Å². The van der Waals surface area contributed by atoms with Crippen LogP contribution in [0.25, 0.3) is 0 Å². The molecule has 0 saturated heterocycles. The van der Waals surface area contributed by atoms with E-state index in [9.17, 15) is 4.79 Å². The molecule has 2 aliphatic carbocycles. The molecule has 0 aromatic rings. The molecule has 19 heavy (non-hydrogen) atoms. The molecule has 2 N–H and O–H groups in total. The van der Waals surface area contributed by atoms with Gasteiger partial charge in [0, 0.05) is 33.2 Å². The molecule has 4 heteroatoms. The highest BCUT2D eigenvalue weighted by molar-refractivity contribution is 5.73. The van der Waals surface area contributed by atoms with Crippen molar-refractivity contribution in [2.45, 2.75) is 57.4 Å². The number of hydrogen-bond donors (Lipinski definition) is 2. The van der Waals surface area contributed by atoms with Gasteiger partial charge in [-0.25, -0.2) is 4.79 Å². The zero-order valence-corrected chi connectivity index (χ0v) is 12.5. The summed E-state index contributed by atoms with van der Waals surface area (Å²) < 4.78 is 0. The van der Waals surface area contributed by atoms with E-state index in [1.807, 2.05) is 0 Å². The molecule has 0 atom stereocenters. The van der Waals surface area contributed by atoms with E-state index >= 15 is 0 Å². The molecule has 0 aromatic heterocycles. The first-order chi connectivity index (χ1) is 9.11. The van der Waals surface area contributed by atoms with Crippen molar-refractivity contribution in [3.63, 3.8) is 0 Å². The Morgan fingerprint density at radius 2 is 1.74 bits per heavy atom. The lowest BCUT2D eigenvalue weighted by Gasteiger charge is -2.37. The van der Waals surface area contributed by atoms with E-state index in [1.165, 1.54) is 51.4 Å². The fraction of sp³-hybridized carbons (Fsp3) is 0.933. The normalized spacial score (nSPS) is 22.6. The largest absolute Gasteiger partial charge is 0.337 e. The first-order valence-corrected chi connectivity index (χ1v) is 7.80. The van der Waals surface area contributed by atoms with Gasteiger partial charge in [0.2, 0.25) is 0 Å². The third kappa shape index (κ3) is 4.10. The van der Waals surface area contributed by atoms with Gasteiger partial charge in [0.15, 0.2) is 0 Å². The molecule has 1 spiro atoms. The van der Waals surface area contributed by atoms with Crippen molar-refractivity contribution >= 4 is 6.03 Å². The molecule has 2 amide bonds. The fourth-order valence-corrected chi connectivity index (χ4v) is 3.66. The number of amides is 2. The smallest absolute Gasteiger partial charge is 0.316 e. The summed E-state index contributed by atoms with van der Waals surface area (Å²) in [6.45, 7) is 1.61. The minimum Gasteiger partial charge on any atom is -0.337 e. The summed E-state index contributed by atoms with van der Waals surface area (Å²) >= 11 is 0. The van der Waals surface area contributed by atoms with Crippen LogP contribution in [0.4, 0.5) is 4.79 Å². The van der Waals surface area contributed by atoms with E-state index in [0.29, 0.717) is 6.04 Å². The molecular formula is C15H29N3O. The molecule has 0 bridgehead atoms. The van der Waals surface area contributed by atoms with Crippen molar-refractivity contribution < 1.29 is 4.79 Å². The van der Waals surface area contributed by atoms with E-state index in [2.05, 4.69) is 10.6 Å². The second-order valence-corrected chi connectivity index (χ2v) is 6.56. The van der Waals surface area contributed by atoms with Crippen LogP contribution < -0.4 is 10.6 Å². The van der Waals surface area contributed by atoms with Crippen LogP contribution in [0, 0.1) is 5.41 Å². The minimum absolute atomic E-state index is 0.00430. The Bertz CT molecular complexity index is 288. The molecule has 0 heterocycles. The Morgan fingerprint density at radius 1 is 1.11 bits per heavy atom. The highest BCUT2D eigenvalue weighted by atomic mass is 16.2. The average Bonchev–Trinajstić information content (AvgIpc) is 2.85. The quantitative estimate of drug-likeness (QED) is 0.768. The van der Waals surface area contributed by atoms with Gasteiger partial charge in [-0.1, -0.05) is 12.8 Å². The maximum atomic E-state index is 11.4. The summed E-state index contributed by atoms with van der Waals surface area (Å²) in [5.41, 5.74) is 0.720. The highest BCUT2D eigenvalue weighted by Gasteiger charge is 2.37. The van der Waals surface area contributed by atoms with E-state index in [1.54, 1.807) is 19.0 Å². The second-order valence-electron chi connectivity index (χ2n) is 6.56. The number of rotatable bonds is 4. The topological polar surface area (TPSA) is 44.4 Å². The number of carbonyl (C=O) groups excluding carboxylic acids is 1. The van der Waals surface area contributed by atoms with Crippen molar-refractivity contribution in [2.75, 3.05) is 27.2 Å². The van der Waals surface area contributed by atoms with Crippen LogP contribution in [0.15, 0.2) is 0 Å². The molecule has 0 radical (unpaired) electrons. The molecule has 0 unspecified atom stereocenters. The van der Waals surface area contributed by atoms with Crippen molar-refractivity contribution in [2.24, 2.45) is 5.41 Å². The van der Waals surface area contributed by atoms with Gasteiger partial charge in [0.05, 0.1) is 0 Å². The van der Waals surface area contributed by atoms with Gasteiger partial charge in [-0.05, 0) is 43.9 Å². The lowest BCUT2D eigenvalue weighted by atomic mass is 9.71. The average molecular weight is 267 g/mol. The van der Waals surface area contributed by atoms with Crippen molar-refractivity contribution in [1.82, 2.24) is 15.5 Å².